The van der Waals surface area contributed by atoms with Crippen molar-refractivity contribution >= 4 is 0 Å². The molecule has 0 saturated carbocycles. The van der Waals surface area contributed by atoms with E-state index in [9.17, 15) is 0 Å². The lowest BCUT2D eigenvalue weighted by Crippen LogP contribution is -2.26. The summed E-state index contributed by atoms with van der Waals surface area (Å²) in [6.45, 7) is 4.78. The number of ether oxygens (including phenoxy) is 1. The van der Waals surface area contributed by atoms with E-state index in [0.29, 0.717) is 11.8 Å². The molecule has 0 spiro atoms. The Bertz CT molecular complexity index is 320. The predicted molar refractivity (Wildman–Crippen MR) is 62.1 cm³/mol. The lowest BCUT2D eigenvalue weighted by molar-refractivity contribution is 0.00796. The molecule has 1 heterocycles. The minimum atomic E-state index is 0.562. The third-order valence-electron chi connectivity index (χ3n) is 3.20. The van der Waals surface area contributed by atoms with Gasteiger partial charge in [-0.25, -0.2) is 0 Å². The monoisotopic (exact) mass is 205 g/mol. The lowest BCUT2D eigenvalue weighted by atomic mass is 9.86. The van der Waals surface area contributed by atoms with Crippen molar-refractivity contribution < 1.29 is 4.74 Å². The molecule has 0 radical (unpaired) electrons. The first-order chi connectivity index (χ1) is 7.33. The number of rotatable bonds is 4. The van der Waals surface area contributed by atoms with Crippen molar-refractivity contribution in [3.05, 3.63) is 35.4 Å². The fourth-order valence-corrected chi connectivity index (χ4v) is 2.15. The molecule has 1 aliphatic heterocycles. The topological polar surface area (TPSA) is 35.2 Å². The highest BCUT2D eigenvalue weighted by molar-refractivity contribution is 5.34. The molecule has 1 saturated heterocycles. The maximum Gasteiger partial charge on any atom is 0.0557 e. The summed E-state index contributed by atoms with van der Waals surface area (Å²) in [5.41, 5.74) is 8.53. The first-order valence-corrected chi connectivity index (χ1v) is 5.69. The number of hydrogen-bond donors (Lipinski definition) is 1. The highest BCUT2D eigenvalue weighted by Crippen LogP contribution is 2.31. The predicted octanol–water partition coefficient (Wildman–Crippen LogP) is 2.25. The van der Waals surface area contributed by atoms with Crippen LogP contribution in [-0.2, 0) is 4.74 Å². The summed E-state index contributed by atoms with van der Waals surface area (Å²) in [4.78, 5) is 0. The highest BCUT2D eigenvalue weighted by Gasteiger charge is 2.24. The Hall–Kier alpha value is -0.860. The zero-order valence-electron chi connectivity index (χ0n) is 9.28. The van der Waals surface area contributed by atoms with Crippen molar-refractivity contribution in [1.82, 2.24) is 0 Å². The Labute approximate surface area is 91.4 Å². The van der Waals surface area contributed by atoms with E-state index in [2.05, 4.69) is 31.2 Å². The molecule has 2 rings (SSSR count). The van der Waals surface area contributed by atoms with Crippen molar-refractivity contribution in [3.63, 3.8) is 0 Å². The smallest absolute Gasteiger partial charge is 0.0557 e. The van der Waals surface area contributed by atoms with Gasteiger partial charge in [-0.1, -0.05) is 31.2 Å². The minimum absolute atomic E-state index is 0.562. The van der Waals surface area contributed by atoms with E-state index in [0.717, 1.165) is 26.2 Å². The largest absolute Gasteiger partial charge is 0.380 e. The van der Waals surface area contributed by atoms with Gasteiger partial charge in [0.05, 0.1) is 13.2 Å². The first-order valence-electron chi connectivity index (χ1n) is 5.69. The van der Waals surface area contributed by atoms with Crippen molar-refractivity contribution in [2.45, 2.75) is 25.2 Å². The zero-order valence-corrected chi connectivity index (χ0v) is 9.28. The summed E-state index contributed by atoms with van der Waals surface area (Å²) in [5.74, 6) is 1.17. The second kappa shape index (κ2) is 4.77. The maximum absolute atomic E-state index is 5.61. The van der Waals surface area contributed by atoms with E-state index < -0.39 is 0 Å². The van der Waals surface area contributed by atoms with E-state index in [-0.39, 0.29) is 0 Å². The third kappa shape index (κ3) is 2.21. The lowest BCUT2D eigenvalue weighted by Gasteiger charge is -2.29. The van der Waals surface area contributed by atoms with E-state index in [1.807, 2.05) is 0 Å². The zero-order chi connectivity index (χ0) is 10.7. The van der Waals surface area contributed by atoms with Crippen LogP contribution < -0.4 is 5.73 Å². The molecule has 1 aliphatic rings. The fraction of sp³-hybridized carbons (Fsp3) is 0.538. The molecule has 2 nitrogen and oxygen atoms in total. The van der Waals surface area contributed by atoms with E-state index in [4.69, 9.17) is 10.5 Å². The van der Waals surface area contributed by atoms with E-state index in [1.165, 1.54) is 11.1 Å². The second-order valence-corrected chi connectivity index (χ2v) is 4.34. The molecule has 0 amide bonds. The Morgan fingerprint density at radius 3 is 2.73 bits per heavy atom. The van der Waals surface area contributed by atoms with Crippen LogP contribution >= 0.6 is 0 Å². The van der Waals surface area contributed by atoms with E-state index >= 15 is 0 Å². The Morgan fingerprint density at radius 2 is 2.13 bits per heavy atom. The van der Waals surface area contributed by atoms with Crippen LogP contribution in [0.2, 0.25) is 0 Å². The molecule has 1 fully saturated rings. The standard InChI is InChI=1S/C13H19NO/c1-10(6-7-14)12-4-2-3-5-13(12)11-8-15-9-11/h2-5,10-11H,6-9,14H2,1H3. The van der Waals surface area contributed by atoms with Crippen LogP contribution in [-0.4, -0.2) is 19.8 Å². The number of nitrogens with two attached hydrogens (primary N) is 1. The molecule has 0 aromatic heterocycles. The van der Waals surface area contributed by atoms with Crippen molar-refractivity contribution in [2.75, 3.05) is 19.8 Å². The van der Waals surface area contributed by atoms with Crippen LogP contribution in [0.4, 0.5) is 0 Å². The molecule has 1 unspecified atom stereocenters. The third-order valence-corrected chi connectivity index (χ3v) is 3.20. The molecule has 0 bridgehead atoms. The van der Waals surface area contributed by atoms with Crippen molar-refractivity contribution in [3.8, 4) is 0 Å². The van der Waals surface area contributed by atoms with Crippen LogP contribution in [0.3, 0.4) is 0 Å². The molecule has 0 aliphatic carbocycles. The van der Waals surface area contributed by atoms with Crippen LogP contribution in [0.5, 0.6) is 0 Å². The summed E-state index contributed by atoms with van der Waals surface area (Å²) in [5, 5.41) is 0. The Morgan fingerprint density at radius 1 is 1.40 bits per heavy atom. The summed E-state index contributed by atoms with van der Waals surface area (Å²) in [7, 11) is 0. The molecule has 2 N–H and O–H groups in total. The normalized spacial score (nSPS) is 18.5. The van der Waals surface area contributed by atoms with Gasteiger partial charge in [-0.3, -0.25) is 0 Å². The van der Waals surface area contributed by atoms with Gasteiger partial charge in [0.15, 0.2) is 0 Å². The van der Waals surface area contributed by atoms with Gasteiger partial charge >= 0.3 is 0 Å². The molecule has 82 valence electrons. The van der Waals surface area contributed by atoms with Gasteiger partial charge in [-0.05, 0) is 30.0 Å². The summed E-state index contributed by atoms with van der Waals surface area (Å²) in [6.07, 6.45) is 1.06. The molecular weight excluding hydrogens is 186 g/mol. The summed E-state index contributed by atoms with van der Waals surface area (Å²) in [6, 6.07) is 8.70. The van der Waals surface area contributed by atoms with Gasteiger partial charge in [0.25, 0.3) is 0 Å². The van der Waals surface area contributed by atoms with Crippen LogP contribution in [0.1, 0.15) is 36.3 Å². The van der Waals surface area contributed by atoms with Crippen LogP contribution in [0, 0.1) is 0 Å². The quantitative estimate of drug-likeness (QED) is 0.818. The average Bonchev–Trinajstić information content (AvgIpc) is 2.16. The van der Waals surface area contributed by atoms with Gasteiger partial charge in [0, 0.05) is 5.92 Å². The maximum atomic E-state index is 5.61. The van der Waals surface area contributed by atoms with E-state index in [1.54, 1.807) is 0 Å². The number of benzene rings is 1. The Balaban J connectivity index is 2.20. The summed E-state index contributed by atoms with van der Waals surface area (Å²) < 4.78 is 5.26. The van der Waals surface area contributed by atoms with Gasteiger partial charge < -0.3 is 10.5 Å². The van der Waals surface area contributed by atoms with Crippen molar-refractivity contribution in [1.29, 1.82) is 0 Å². The Kier molecular flexibility index (Phi) is 3.39. The van der Waals surface area contributed by atoms with Gasteiger partial charge in [-0.15, -0.1) is 0 Å². The average molecular weight is 205 g/mol. The minimum Gasteiger partial charge on any atom is -0.380 e. The SMILES string of the molecule is CC(CCN)c1ccccc1C1COC1. The first kappa shape index (κ1) is 10.7. The molecule has 1 atom stereocenters. The molecule has 2 heteroatoms. The van der Waals surface area contributed by atoms with Gasteiger partial charge in [-0.2, -0.15) is 0 Å². The van der Waals surface area contributed by atoms with Gasteiger partial charge in [0.1, 0.15) is 0 Å². The number of hydrogen-bond acceptors (Lipinski definition) is 2. The summed E-state index contributed by atoms with van der Waals surface area (Å²) >= 11 is 0. The fourth-order valence-electron chi connectivity index (χ4n) is 2.15. The van der Waals surface area contributed by atoms with Gasteiger partial charge in [0.2, 0.25) is 0 Å². The molecule has 15 heavy (non-hydrogen) atoms. The molecule has 1 aromatic rings. The van der Waals surface area contributed by atoms with Crippen LogP contribution in [0.25, 0.3) is 0 Å². The highest BCUT2D eigenvalue weighted by atomic mass is 16.5. The molecular formula is C13H19NO. The van der Waals surface area contributed by atoms with Crippen LogP contribution in [0.15, 0.2) is 24.3 Å². The molecule has 1 aromatic carbocycles. The second-order valence-electron chi connectivity index (χ2n) is 4.34. The van der Waals surface area contributed by atoms with Crippen molar-refractivity contribution in [2.24, 2.45) is 5.73 Å².